The molecule has 3 heteroatoms. The Morgan fingerprint density at radius 3 is 2.78 bits per heavy atom. The van der Waals surface area contributed by atoms with Gasteiger partial charge in [0.15, 0.2) is 0 Å². The molecule has 3 aliphatic rings. The maximum atomic E-state index is 5.83. The molecule has 3 aliphatic heterocycles. The summed E-state index contributed by atoms with van der Waals surface area (Å²) in [5, 5.41) is 1.30. The topological polar surface area (TPSA) is 45.0 Å². The lowest BCUT2D eigenvalue weighted by Crippen LogP contribution is -2.35. The third kappa shape index (κ3) is 1.37. The number of nitrogen functional groups attached to an aromatic ring is 1. The molecule has 0 atom stereocenters. The Labute approximate surface area is 106 Å². The molecular weight excluding hydrogens is 222 g/mol. The van der Waals surface area contributed by atoms with Crippen molar-refractivity contribution >= 4 is 22.2 Å². The number of hydrogen-bond donors (Lipinski definition) is 2. The van der Waals surface area contributed by atoms with Crippen LogP contribution in [-0.4, -0.2) is 23.0 Å². The lowest BCUT2D eigenvalue weighted by Gasteiger charge is -2.39. The van der Waals surface area contributed by atoms with Crippen LogP contribution in [0.2, 0.25) is 0 Å². The highest BCUT2D eigenvalue weighted by atomic mass is 15.1. The zero-order valence-corrected chi connectivity index (χ0v) is 10.3. The van der Waals surface area contributed by atoms with E-state index in [1.165, 1.54) is 42.5 Å². The van der Waals surface area contributed by atoms with Crippen LogP contribution in [0.5, 0.6) is 0 Å². The molecule has 2 aromatic rings. The van der Waals surface area contributed by atoms with Gasteiger partial charge in [-0.25, -0.2) is 0 Å². The van der Waals surface area contributed by atoms with Crippen LogP contribution in [0.15, 0.2) is 30.6 Å². The molecule has 1 saturated heterocycles. The third-order valence-electron chi connectivity index (χ3n) is 4.31. The van der Waals surface area contributed by atoms with Gasteiger partial charge in [0.1, 0.15) is 0 Å². The van der Waals surface area contributed by atoms with Gasteiger partial charge in [-0.15, -0.1) is 0 Å². The van der Waals surface area contributed by atoms with Crippen LogP contribution in [0.3, 0.4) is 0 Å². The van der Waals surface area contributed by atoms with Gasteiger partial charge in [-0.1, -0.05) is 6.07 Å². The van der Waals surface area contributed by atoms with E-state index in [1.54, 1.807) is 0 Å². The summed E-state index contributed by atoms with van der Waals surface area (Å²) in [6.07, 6.45) is 7.09. The Bertz CT molecular complexity index is 630. The molecule has 0 aliphatic carbocycles. The number of fused-ring (bicyclic) bond motifs is 3. The van der Waals surface area contributed by atoms with Crippen LogP contribution < -0.4 is 5.73 Å². The maximum absolute atomic E-state index is 5.83. The molecule has 18 heavy (non-hydrogen) atoms. The Kier molecular flexibility index (Phi) is 1.98. The first-order valence-corrected chi connectivity index (χ1v) is 6.64. The van der Waals surface area contributed by atoms with E-state index in [9.17, 15) is 0 Å². The maximum Gasteiger partial charge on any atom is 0.0480 e. The minimum Gasteiger partial charge on any atom is -0.399 e. The minimum absolute atomic E-state index is 0.742. The first-order valence-electron chi connectivity index (χ1n) is 6.64. The molecule has 2 bridgehead atoms. The molecule has 5 rings (SSSR count). The molecule has 0 radical (unpaired) electrons. The van der Waals surface area contributed by atoms with Gasteiger partial charge in [0.2, 0.25) is 0 Å². The number of anilines is 1. The molecule has 1 aromatic carbocycles. The van der Waals surface area contributed by atoms with Gasteiger partial charge in [0.25, 0.3) is 0 Å². The van der Waals surface area contributed by atoms with Crippen LogP contribution in [0.4, 0.5) is 5.69 Å². The van der Waals surface area contributed by atoms with Gasteiger partial charge in [-0.05, 0) is 36.5 Å². The fraction of sp³-hybridized carbons (Fsp3) is 0.333. The molecule has 3 N–H and O–H groups in total. The lowest BCUT2D eigenvalue weighted by molar-refractivity contribution is 0.252. The number of nitrogens with two attached hydrogens (primary N) is 1. The third-order valence-corrected chi connectivity index (χ3v) is 4.31. The zero-order valence-electron chi connectivity index (χ0n) is 10.3. The molecule has 0 amide bonds. The molecule has 1 fully saturated rings. The van der Waals surface area contributed by atoms with E-state index in [-0.39, 0.29) is 0 Å². The minimum atomic E-state index is 0.742. The number of nitrogens with zero attached hydrogens (tertiary/aromatic N) is 1. The predicted octanol–water partition coefficient (Wildman–Crippen LogP) is 2.82. The summed E-state index contributed by atoms with van der Waals surface area (Å²) >= 11 is 0. The Morgan fingerprint density at radius 2 is 2.06 bits per heavy atom. The van der Waals surface area contributed by atoms with Crippen LogP contribution in [0.1, 0.15) is 18.4 Å². The van der Waals surface area contributed by atoms with Gasteiger partial charge < -0.3 is 15.6 Å². The van der Waals surface area contributed by atoms with E-state index < -0.39 is 0 Å². The number of benzene rings is 1. The average molecular weight is 239 g/mol. The summed E-state index contributed by atoms with van der Waals surface area (Å²) in [6, 6.07) is 6.14. The molecular formula is C15H17N3. The van der Waals surface area contributed by atoms with Crippen molar-refractivity contribution in [3.8, 4) is 0 Å². The van der Waals surface area contributed by atoms with Crippen LogP contribution >= 0.6 is 0 Å². The molecule has 4 heterocycles. The summed E-state index contributed by atoms with van der Waals surface area (Å²) in [4.78, 5) is 5.80. The van der Waals surface area contributed by atoms with E-state index in [2.05, 4.69) is 28.3 Å². The highest BCUT2D eigenvalue weighted by Crippen LogP contribution is 2.39. The zero-order chi connectivity index (χ0) is 12.1. The van der Waals surface area contributed by atoms with E-state index >= 15 is 0 Å². The normalized spacial score (nSPS) is 19.6. The number of hydrogen-bond acceptors (Lipinski definition) is 2. The van der Waals surface area contributed by atoms with Gasteiger partial charge in [-0.3, -0.25) is 0 Å². The number of piperidine rings is 1. The lowest BCUT2D eigenvalue weighted by atomic mass is 9.82. The summed E-state index contributed by atoms with van der Waals surface area (Å²) in [6.45, 7) is 2.45. The van der Waals surface area contributed by atoms with Crippen molar-refractivity contribution in [1.29, 1.82) is 0 Å². The predicted molar refractivity (Wildman–Crippen MR) is 75.0 cm³/mol. The van der Waals surface area contributed by atoms with Gasteiger partial charge >= 0.3 is 0 Å². The van der Waals surface area contributed by atoms with Crippen molar-refractivity contribution in [2.75, 3.05) is 18.8 Å². The van der Waals surface area contributed by atoms with Crippen molar-refractivity contribution in [2.24, 2.45) is 5.92 Å². The van der Waals surface area contributed by atoms with Crippen molar-refractivity contribution in [3.63, 3.8) is 0 Å². The number of aromatic nitrogens is 1. The number of aromatic amines is 1. The summed E-state index contributed by atoms with van der Waals surface area (Å²) in [5.41, 5.74) is 10.7. The Balaban J connectivity index is 1.88. The summed E-state index contributed by atoms with van der Waals surface area (Å²) < 4.78 is 0. The SMILES string of the molecule is Nc1ccc2c(C3=CN4CCC3CC4)c[nH]c2c1. The molecule has 0 saturated carbocycles. The van der Waals surface area contributed by atoms with Crippen molar-refractivity contribution in [3.05, 3.63) is 36.2 Å². The standard InChI is InChI=1S/C15H17N3/c16-11-1-2-12-13(8-17-15(12)7-11)14-9-18-5-3-10(14)4-6-18/h1-2,7-10,17H,3-6,16H2. The summed E-state index contributed by atoms with van der Waals surface area (Å²) in [5.74, 6) is 0.742. The smallest absolute Gasteiger partial charge is 0.0480 e. The van der Waals surface area contributed by atoms with E-state index in [0.29, 0.717) is 0 Å². The second kappa shape index (κ2) is 3.55. The monoisotopic (exact) mass is 239 g/mol. The number of allylic oxidation sites excluding steroid dienone is 1. The van der Waals surface area contributed by atoms with Crippen molar-refractivity contribution in [1.82, 2.24) is 9.88 Å². The van der Waals surface area contributed by atoms with Crippen LogP contribution in [0, 0.1) is 5.92 Å². The first-order chi connectivity index (χ1) is 8.81. The highest BCUT2D eigenvalue weighted by Gasteiger charge is 2.28. The largest absolute Gasteiger partial charge is 0.399 e. The quantitative estimate of drug-likeness (QED) is 0.752. The summed E-state index contributed by atoms with van der Waals surface area (Å²) in [7, 11) is 0. The second-order valence-corrected chi connectivity index (χ2v) is 5.40. The van der Waals surface area contributed by atoms with Gasteiger partial charge in [0.05, 0.1) is 0 Å². The van der Waals surface area contributed by atoms with Gasteiger partial charge in [0, 0.05) is 47.6 Å². The molecule has 3 nitrogen and oxygen atoms in total. The number of rotatable bonds is 1. The highest BCUT2D eigenvalue weighted by molar-refractivity contribution is 5.94. The molecule has 92 valence electrons. The van der Waals surface area contributed by atoms with E-state index in [1.807, 2.05) is 12.1 Å². The fourth-order valence-corrected chi connectivity index (χ4v) is 3.31. The van der Waals surface area contributed by atoms with Crippen molar-refractivity contribution < 1.29 is 0 Å². The van der Waals surface area contributed by atoms with Crippen LogP contribution in [-0.2, 0) is 0 Å². The molecule has 0 unspecified atom stereocenters. The fourth-order valence-electron chi connectivity index (χ4n) is 3.31. The Hall–Kier alpha value is -1.90. The Morgan fingerprint density at radius 1 is 1.22 bits per heavy atom. The number of nitrogens with one attached hydrogen (secondary N) is 1. The average Bonchev–Trinajstić information content (AvgIpc) is 2.82. The van der Waals surface area contributed by atoms with Gasteiger partial charge in [-0.2, -0.15) is 0 Å². The number of H-pyrrole nitrogens is 1. The van der Waals surface area contributed by atoms with E-state index in [0.717, 1.165) is 17.1 Å². The van der Waals surface area contributed by atoms with E-state index in [4.69, 9.17) is 5.73 Å². The van der Waals surface area contributed by atoms with Crippen LogP contribution in [0.25, 0.3) is 16.5 Å². The second-order valence-electron chi connectivity index (χ2n) is 5.40. The molecule has 0 spiro atoms. The van der Waals surface area contributed by atoms with Crippen molar-refractivity contribution in [2.45, 2.75) is 12.8 Å². The molecule has 1 aromatic heterocycles. The first kappa shape index (κ1) is 10.1.